The summed E-state index contributed by atoms with van der Waals surface area (Å²) in [5, 5.41) is 13.7. The van der Waals surface area contributed by atoms with Crippen molar-refractivity contribution in [3.63, 3.8) is 0 Å². The fraction of sp³-hybridized carbons (Fsp3) is 0.846. The second-order valence-corrected chi connectivity index (χ2v) is 17.4. The molecule has 6 nitrogen and oxygen atoms in total. The van der Waals surface area contributed by atoms with E-state index in [0.29, 0.717) is 34.1 Å². The highest BCUT2D eigenvalue weighted by Crippen LogP contribution is 2.75. The molecule has 0 aromatic carbocycles. The zero-order valence-electron chi connectivity index (χ0n) is 29.4. The summed E-state index contributed by atoms with van der Waals surface area (Å²) in [7, 11) is 4.05. The van der Waals surface area contributed by atoms with Crippen LogP contribution in [0.1, 0.15) is 111 Å². The average Bonchev–Trinajstić information content (AvgIpc) is 3.44. The Balaban J connectivity index is 1.16. The quantitative estimate of drug-likeness (QED) is 0.253. The van der Waals surface area contributed by atoms with Gasteiger partial charge in [-0.2, -0.15) is 0 Å². The molecule has 4 saturated carbocycles. The van der Waals surface area contributed by atoms with Gasteiger partial charge < -0.3 is 20.2 Å². The molecule has 6 aliphatic rings. The second kappa shape index (κ2) is 12.4. The van der Waals surface area contributed by atoms with E-state index in [1.54, 1.807) is 10.5 Å². The first-order valence-corrected chi connectivity index (χ1v) is 18.6. The summed E-state index contributed by atoms with van der Waals surface area (Å²) in [4.78, 5) is 26.7. The van der Waals surface area contributed by atoms with Gasteiger partial charge in [0.25, 0.3) is 0 Å². The predicted molar refractivity (Wildman–Crippen MR) is 182 cm³/mol. The smallest absolute Gasteiger partial charge is 0.306 e. The zero-order chi connectivity index (χ0) is 32.2. The lowest BCUT2D eigenvalue weighted by Gasteiger charge is -2.71. The van der Waals surface area contributed by atoms with Gasteiger partial charge in [0.1, 0.15) is 0 Å². The molecule has 4 fully saturated rings. The Hall–Kier alpha value is -1.66. The number of carbonyl (C=O) groups excluding carboxylic acids is 1. The van der Waals surface area contributed by atoms with Crippen LogP contribution in [0.25, 0.3) is 0 Å². The van der Waals surface area contributed by atoms with Crippen LogP contribution in [-0.2, 0) is 9.59 Å². The minimum atomic E-state index is -0.629. The van der Waals surface area contributed by atoms with Crippen LogP contribution in [0.5, 0.6) is 0 Å². The van der Waals surface area contributed by atoms with Crippen molar-refractivity contribution in [1.82, 2.24) is 15.1 Å². The number of nitrogens with zero attached hydrogens (tertiary/aromatic N) is 2. The Kier molecular flexibility index (Phi) is 9.17. The van der Waals surface area contributed by atoms with Crippen molar-refractivity contribution >= 4 is 12.4 Å². The molecule has 0 aromatic rings. The van der Waals surface area contributed by atoms with Gasteiger partial charge >= 0.3 is 5.97 Å². The standard InChI is InChI=1S/C39H63N3O3/c1-27-30(28-9-11-29(12-10-28)35(44)45)15-18-36(2)31(27)16-19-38(4)34(36)14-13-32-33-8-7-17-39(33,21-20-37(32,38)3)40-22-23-41(5)24-25-42(6)26-43/h9,15,26-27,29,31-34,40H,7-8,10-14,16-25H2,1-6H3,(H,44,45)/t27?,29?,31?,32?,33?,34?,36?,37-,38?,39?/m1/s1. The third-order valence-electron chi connectivity index (χ3n) is 15.7. The number of fused-ring (bicyclic) bond motifs is 7. The van der Waals surface area contributed by atoms with Gasteiger partial charge in [-0.15, -0.1) is 0 Å². The molecule has 0 radical (unpaired) electrons. The van der Waals surface area contributed by atoms with Crippen LogP contribution in [0.3, 0.4) is 0 Å². The number of hydrogen-bond acceptors (Lipinski definition) is 4. The molecule has 6 aliphatic carbocycles. The summed E-state index contributed by atoms with van der Waals surface area (Å²) in [6, 6.07) is 0. The maximum absolute atomic E-state index is 11.6. The van der Waals surface area contributed by atoms with E-state index < -0.39 is 5.97 Å². The van der Waals surface area contributed by atoms with Gasteiger partial charge in [0, 0.05) is 38.8 Å². The molecule has 1 amide bonds. The molecule has 0 heterocycles. The molecule has 0 aliphatic heterocycles. The monoisotopic (exact) mass is 621 g/mol. The zero-order valence-corrected chi connectivity index (χ0v) is 29.4. The topological polar surface area (TPSA) is 72.9 Å². The van der Waals surface area contributed by atoms with Gasteiger partial charge in [-0.1, -0.05) is 46.3 Å². The number of carbonyl (C=O) groups is 2. The van der Waals surface area contributed by atoms with Crippen molar-refractivity contribution in [3.05, 3.63) is 23.3 Å². The van der Waals surface area contributed by atoms with Gasteiger partial charge in [0.15, 0.2) is 0 Å². The second-order valence-electron chi connectivity index (χ2n) is 17.4. The highest BCUT2D eigenvalue weighted by molar-refractivity contribution is 5.70. The Labute approximate surface area is 273 Å². The summed E-state index contributed by atoms with van der Waals surface area (Å²) in [5.74, 6) is 2.88. The lowest BCUT2D eigenvalue weighted by atomic mass is 9.34. The number of amides is 1. The lowest BCUT2D eigenvalue weighted by molar-refractivity contribution is -0.212. The van der Waals surface area contributed by atoms with E-state index in [1.807, 2.05) is 7.05 Å². The number of nitrogens with one attached hydrogen (secondary N) is 1. The van der Waals surface area contributed by atoms with Crippen molar-refractivity contribution in [2.75, 3.05) is 40.3 Å². The number of rotatable bonds is 10. The predicted octanol–water partition coefficient (Wildman–Crippen LogP) is 7.16. The minimum absolute atomic E-state index is 0.197. The van der Waals surface area contributed by atoms with Crippen molar-refractivity contribution in [2.45, 2.75) is 117 Å². The highest BCUT2D eigenvalue weighted by Gasteiger charge is 2.68. The van der Waals surface area contributed by atoms with Gasteiger partial charge in [0.05, 0.1) is 5.92 Å². The van der Waals surface area contributed by atoms with Crippen LogP contribution < -0.4 is 5.32 Å². The fourth-order valence-corrected chi connectivity index (χ4v) is 12.8. The molecular weight excluding hydrogens is 558 g/mol. The summed E-state index contributed by atoms with van der Waals surface area (Å²) in [6.07, 6.45) is 21.8. The Morgan fingerprint density at radius 1 is 0.933 bits per heavy atom. The van der Waals surface area contributed by atoms with E-state index >= 15 is 0 Å². The normalized spacial score (nSPS) is 44.2. The summed E-state index contributed by atoms with van der Waals surface area (Å²) < 4.78 is 0. The molecule has 0 aromatic heterocycles. The average molecular weight is 622 g/mol. The molecule has 0 spiro atoms. The molecule has 2 N–H and O–H groups in total. The largest absolute Gasteiger partial charge is 0.481 e. The summed E-state index contributed by atoms with van der Waals surface area (Å²) in [5.41, 5.74) is 4.50. The molecule has 9 unspecified atom stereocenters. The van der Waals surface area contributed by atoms with E-state index in [-0.39, 0.29) is 5.92 Å². The number of carboxylic acid groups (broad SMARTS) is 1. The van der Waals surface area contributed by atoms with Crippen molar-refractivity contribution in [2.24, 2.45) is 51.8 Å². The first kappa shape index (κ1) is 33.2. The SMILES string of the molecule is CC1C(C2=CCC(C(=O)O)CC2)=CCC2(C)C1CCC1(C)C2CCC2C3CCCC3(NCCN(C)CCN(C)C=O)CC[C@]21C. The first-order valence-electron chi connectivity index (χ1n) is 18.6. The van der Waals surface area contributed by atoms with Crippen LogP contribution >= 0.6 is 0 Å². The lowest BCUT2D eigenvalue weighted by Crippen LogP contribution is -2.67. The van der Waals surface area contributed by atoms with Crippen molar-refractivity contribution in [1.29, 1.82) is 0 Å². The number of hydrogen-bond donors (Lipinski definition) is 2. The van der Waals surface area contributed by atoms with E-state index in [1.165, 1.54) is 69.8 Å². The minimum Gasteiger partial charge on any atom is -0.481 e. The van der Waals surface area contributed by atoms with E-state index in [9.17, 15) is 14.7 Å². The van der Waals surface area contributed by atoms with Crippen LogP contribution in [0.2, 0.25) is 0 Å². The Morgan fingerprint density at radius 2 is 1.73 bits per heavy atom. The molecule has 10 atom stereocenters. The van der Waals surface area contributed by atoms with Gasteiger partial charge in [-0.05, 0) is 141 Å². The van der Waals surface area contributed by atoms with Crippen LogP contribution in [0.4, 0.5) is 0 Å². The van der Waals surface area contributed by atoms with E-state index in [4.69, 9.17) is 0 Å². The van der Waals surface area contributed by atoms with Crippen molar-refractivity contribution in [3.8, 4) is 0 Å². The third-order valence-corrected chi connectivity index (χ3v) is 15.7. The number of likely N-dealkylation sites (N-methyl/N-ethyl adjacent to an activating group) is 2. The molecular formula is C39H63N3O3. The summed E-state index contributed by atoms with van der Waals surface area (Å²) >= 11 is 0. The summed E-state index contributed by atoms with van der Waals surface area (Å²) in [6.45, 7) is 14.5. The molecule has 6 heteroatoms. The number of carboxylic acids is 1. The van der Waals surface area contributed by atoms with Gasteiger partial charge in [-0.25, -0.2) is 0 Å². The molecule has 252 valence electrons. The molecule has 6 rings (SSSR count). The van der Waals surface area contributed by atoms with Crippen molar-refractivity contribution < 1.29 is 14.7 Å². The highest BCUT2D eigenvalue weighted by atomic mass is 16.4. The molecule has 0 bridgehead atoms. The van der Waals surface area contributed by atoms with Crippen LogP contribution in [0, 0.1) is 51.8 Å². The fourth-order valence-electron chi connectivity index (χ4n) is 12.8. The molecule has 0 saturated heterocycles. The Morgan fingerprint density at radius 3 is 2.44 bits per heavy atom. The first-order chi connectivity index (χ1) is 21.4. The maximum atomic E-state index is 11.6. The number of aliphatic carboxylic acids is 1. The Bertz CT molecular complexity index is 1200. The third kappa shape index (κ3) is 5.46. The van der Waals surface area contributed by atoms with Gasteiger partial charge in [0.2, 0.25) is 6.41 Å². The molecule has 45 heavy (non-hydrogen) atoms. The number of allylic oxidation sites excluding steroid dienone is 4. The van der Waals surface area contributed by atoms with Crippen LogP contribution in [0.15, 0.2) is 23.3 Å². The maximum Gasteiger partial charge on any atom is 0.306 e. The van der Waals surface area contributed by atoms with E-state index in [0.717, 1.165) is 69.1 Å². The van der Waals surface area contributed by atoms with Gasteiger partial charge in [-0.3, -0.25) is 9.59 Å². The van der Waals surface area contributed by atoms with Crippen LogP contribution in [-0.4, -0.2) is 73.1 Å². The van der Waals surface area contributed by atoms with E-state index in [2.05, 4.69) is 57.1 Å².